The fraction of sp³-hybridized carbons (Fsp3) is 0.235. The molecule has 0 radical (unpaired) electrons. The summed E-state index contributed by atoms with van der Waals surface area (Å²) in [6, 6.07) is 14.2. The van der Waals surface area contributed by atoms with Gasteiger partial charge >= 0.3 is 0 Å². The number of morpholine rings is 1. The van der Waals surface area contributed by atoms with E-state index < -0.39 is 0 Å². The van der Waals surface area contributed by atoms with Crippen LogP contribution in [0.5, 0.6) is 5.75 Å². The van der Waals surface area contributed by atoms with Crippen LogP contribution in [0.4, 0.5) is 11.4 Å². The van der Waals surface area contributed by atoms with Gasteiger partial charge < -0.3 is 20.1 Å². The van der Waals surface area contributed by atoms with Crippen molar-refractivity contribution in [1.29, 1.82) is 0 Å². The fourth-order valence-corrected chi connectivity index (χ4v) is 2.44. The average molecular weight is 298 g/mol. The fourth-order valence-electron chi connectivity index (χ4n) is 2.44. The minimum absolute atomic E-state index is 0.0232. The number of benzene rings is 2. The molecular weight excluding hydrogens is 280 g/mol. The Bertz CT molecular complexity index is 649. The maximum Gasteiger partial charge on any atom is 0.259 e. The smallest absolute Gasteiger partial charge is 0.259 e. The highest BCUT2D eigenvalue weighted by Gasteiger charge is 2.12. The van der Waals surface area contributed by atoms with E-state index in [1.165, 1.54) is 6.07 Å². The summed E-state index contributed by atoms with van der Waals surface area (Å²) in [7, 11) is 0. The first kappa shape index (κ1) is 14.4. The molecule has 0 saturated carbocycles. The Morgan fingerprint density at radius 1 is 1.05 bits per heavy atom. The van der Waals surface area contributed by atoms with Crippen molar-refractivity contribution in [3.63, 3.8) is 0 Å². The predicted octanol–water partition coefficient (Wildman–Crippen LogP) is 2.48. The Hall–Kier alpha value is -2.53. The first-order valence-electron chi connectivity index (χ1n) is 7.26. The van der Waals surface area contributed by atoms with Crippen molar-refractivity contribution in [3.8, 4) is 5.75 Å². The SMILES string of the molecule is O=C(Nc1ccc(N2CCOCC2)cc1)c1ccccc1O. The number of nitrogens with zero attached hydrogens (tertiary/aromatic N) is 1. The average Bonchev–Trinajstić information content (AvgIpc) is 2.57. The second-order valence-corrected chi connectivity index (χ2v) is 5.12. The van der Waals surface area contributed by atoms with Gasteiger partial charge in [0.05, 0.1) is 18.8 Å². The van der Waals surface area contributed by atoms with Crippen LogP contribution in [0.15, 0.2) is 48.5 Å². The van der Waals surface area contributed by atoms with Crippen LogP contribution in [0.2, 0.25) is 0 Å². The number of phenolic OH excluding ortho intramolecular Hbond substituents is 1. The van der Waals surface area contributed by atoms with Crippen molar-refractivity contribution in [2.24, 2.45) is 0 Å². The summed E-state index contributed by atoms with van der Waals surface area (Å²) in [6.07, 6.45) is 0. The number of amides is 1. The molecule has 2 aromatic rings. The Balaban J connectivity index is 1.68. The number of hydrogen-bond acceptors (Lipinski definition) is 4. The van der Waals surface area contributed by atoms with Crippen LogP contribution in [0, 0.1) is 0 Å². The lowest BCUT2D eigenvalue weighted by molar-refractivity contribution is 0.102. The van der Waals surface area contributed by atoms with Gasteiger partial charge in [-0.05, 0) is 36.4 Å². The van der Waals surface area contributed by atoms with E-state index in [2.05, 4.69) is 10.2 Å². The zero-order chi connectivity index (χ0) is 15.4. The van der Waals surface area contributed by atoms with Gasteiger partial charge in [0.25, 0.3) is 5.91 Å². The lowest BCUT2D eigenvalue weighted by atomic mass is 10.2. The highest BCUT2D eigenvalue weighted by Crippen LogP contribution is 2.21. The summed E-state index contributed by atoms with van der Waals surface area (Å²) in [5.41, 5.74) is 2.08. The lowest BCUT2D eigenvalue weighted by Crippen LogP contribution is -2.36. The lowest BCUT2D eigenvalue weighted by Gasteiger charge is -2.28. The van der Waals surface area contributed by atoms with Crippen LogP contribution in [0.1, 0.15) is 10.4 Å². The van der Waals surface area contributed by atoms with Crippen LogP contribution < -0.4 is 10.2 Å². The molecule has 114 valence electrons. The minimum Gasteiger partial charge on any atom is -0.507 e. The standard InChI is InChI=1S/C17H18N2O3/c20-16-4-2-1-3-15(16)17(21)18-13-5-7-14(8-6-13)19-9-11-22-12-10-19/h1-8,20H,9-12H2,(H,18,21). The first-order chi connectivity index (χ1) is 10.7. The molecule has 0 aromatic heterocycles. The monoisotopic (exact) mass is 298 g/mol. The second kappa shape index (κ2) is 6.49. The molecule has 2 aromatic carbocycles. The third-order valence-corrected chi connectivity index (χ3v) is 3.65. The van der Waals surface area contributed by atoms with E-state index in [1.807, 2.05) is 24.3 Å². The minimum atomic E-state index is -0.322. The summed E-state index contributed by atoms with van der Waals surface area (Å²) in [6.45, 7) is 3.24. The number of carbonyl (C=O) groups excluding carboxylic acids is 1. The van der Waals surface area contributed by atoms with E-state index in [4.69, 9.17) is 4.74 Å². The van der Waals surface area contributed by atoms with Crippen LogP contribution in [-0.4, -0.2) is 37.3 Å². The number of carbonyl (C=O) groups is 1. The highest BCUT2D eigenvalue weighted by atomic mass is 16.5. The van der Waals surface area contributed by atoms with Gasteiger partial charge in [-0.3, -0.25) is 4.79 Å². The van der Waals surface area contributed by atoms with Gasteiger partial charge in [-0.2, -0.15) is 0 Å². The molecule has 0 spiro atoms. The van der Waals surface area contributed by atoms with Gasteiger partial charge in [0, 0.05) is 24.5 Å². The molecular formula is C17H18N2O3. The number of hydrogen-bond donors (Lipinski definition) is 2. The molecule has 0 aliphatic carbocycles. The highest BCUT2D eigenvalue weighted by molar-refractivity contribution is 6.06. The molecule has 1 saturated heterocycles. The molecule has 1 heterocycles. The quantitative estimate of drug-likeness (QED) is 0.914. The second-order valence-electron chi connectivity index (χ2n) is 5.12. The zero-order valence-electron chi connectivity index (χ0n) is 12.2. The largest absolute Gasteiger partial charge is 0.507 e. The van der Waals surface area contributed by atoms with E-state index >= 15 is 0 Å². The molecule has 5 nitrogen and oxygen atoms in total. The van der Waals surface area contributed by atoms with Crippen LogP contribution in [0.25, 0.3) is 0 Å². The molecule has 5 heteroatoms. The predicted molar refractivity (Wildman–Crippen MR) is 85.5 cm³/mol. The molecule has 1 amide bonds. The molecule has 3 rings (SSSR count). The van der Waals surface area contributed by atoms with Crippen molar-refractivity contribution in [3.05, 3.63) is 54.1 Å². The van der Waals surface area contributed by atoms with Crippen LogP contribution >= 0.6 is 0 Å². The number of rotatable bonds is 3. The maximum absolute atomic E-state index is 12.1. The number of para-hydroxylation sites is 1. The van der Waals surface area contributed by atoms with E-state index in [0.29, 0.717) is 5.69 Å². The normalized spacial score (nSPS) is 14.6. The molecule has 2 N–H and O–H groups in total. The van der Waals surface area contributed by atoms with Gasteiger partial charge in [-0.1, -0.05) is 12.1 Å². The van der Waals surface area contributed by atoms with Crippen LogP contribution in [-0.2, 0) is 4.74 Å². The number of aromatic hydroxyl groups is 1. The summed E-state index contributed by atoms with van der Waals surface area (Å²) in [5.74, 6) is -0.345. The number of anilines is 2. The van der Waals surface area contributed by atoms with Crippen molar-refractivity contribution >= 4 is 17.3 Å². The molecule has 0 bridgehead atoms. The summed E-state index contributed by atoms with van der Waals surface area (Å²) < 4.78 is 5.34. The molecule has 1 fully saturated rings. The Morgan fingerprint density at radius 2 is 1.73 bits per heavy atom. The zero-order valence-corrected chi connectivity index (χ0v) is 12.2. The summed E-state index contributed by atoms with van der Waals surface area (Å²) in [4.78, 5) is 14.4. The van der Waals surface area contributed by atoms with Gasteiger partial charge in [-0.25, -0.2) is 0 Å². The Kier molecular flexibility index (Phi) is 4.25. The molecule has 0 unspecified atom stereocenters. The van der Waals surface area contributed by atoms with Crippen molar-refractivity contribution < 1.29 is 14.6 Å². The third-order valence-electron chi connectivity index (χ3n) is 3.65. The van der Waals surface area contributed by atoms with E-state index in [1.54, 1.807) is 18.2 Å². The maximum atomic E-state index is 12.1. The number of ether oxygens (including phenoxy) is 1. The van der Waals surface area contributed by atoms with E-state index in [9.17, 15) is 9.90 Å². The number of nitrogens with one attached hydrogen (secondary N) is 1. The van der Waals surface area contributed by atoms with Gasteiger partial charge in [0.2, 0.25) is 0 Å². The Labute approximate surface area is 129 Å². The third kappa shape index (κ3) is 3.20. The topological polar surface area (TPSA) is 61.8 Å². The van der Waals surface area contributed by atoms with Crippen molar-refractivity contribution in [2.75, 3.05) is 36.5 Å². The molecule has 22 heavy (non-hydrogen) atoms. The first-order valence-corrected chi connectivity index (χ1v) is 7.26. The molecule has 1 aliphatic heterocycles. The van der Waals surface area contributed by atoms with Gasteiger partial charge in [-0.15, -0.1) is 0 Å². The van der Waals surface area contributed by atoms with Crippen LogP contribution in [0.3, 0.4) is 0 Å². The van der Waals surface area contributed by atoms with Crippen molar-refractivity contribution in [2.45, 2.75) is 0 Å². The number of phenols is 1. The Morgan fingerprint density at radius 3 is 2.41 bits per heavy atom. The van der Waals surface area contributed by atoms with Crippen molar-refractivity contribution in [1.82, 2.24) is 0 Å². The summed E-state index contributed by atoms with van der Waals surface area (Å²) >= 11 is 0. The van der Waals surface area contributed by atoms with Gasteiger partial charge in [0.15, 0.2) is 0 Å². The van der Waals surface area contributed by atoms with Gasteiger partial charge in [0.1, 0.15) is 5.75 Å². The molecule has 0 atom stereocenters. The summed E-state index contributed by atoms with van der Waals surface area (Å²) in [5, 5.41) is 12.5. The van der Waals surface area contributed by atoms with E-state index in [-0.39, 0.29) is 17.2 Å². The van der Waals surface area contributed by atoms with E-state index in [0.717, 1.165) is 32.0 Å². The molecule has 1 aliphatic rings.